The number of carbonyl (C=O) groups is 1. The van der Waals surface area contributed by atoms with Crippen LogP contribution >= 0.6 is 11.3 Å². The van der Waals surface area contributed by atoms with E-state index >= 15 is 0 Å². The van der Waals surface area contributed by atoms with E-state index in [-0.39, 0.29) is 12.1 Å². The molecular formula is C13H20N2OS. The smallest absolute Gasteiger partial charge is 0.238 e. The summed E-state index contributed by atoms with van der Waals surface area (Å²) in [5.74, 6) is 0.233. The average Bonchev–Trinajstić information content (AvgIpc) is 2.87. The highest BCUT2D eigenvalue weighted by Gasteiger charge is 2.31. The molecule has 3 nitrogen and oxygen atoms in total. The fraction of sp³-hybridized carbons (Fsp3) is 0.615. The largest absolute Gasteiger partial charge is 0.321 e. The summed E-state index contributed by atoms with van der Waals surface area (Å²) < 4.78 is 0. The van der Waals surface area contributed by atoms with Crippen molar-refractivity contribution >= 4 is 17.2 Å². The Labute approximate surface area is 107 Å². The first-order chi connectivity index (χ1) is 8.22. The summed E-state index contributed by atoms with van der Waals surface area (Å²) in [7, 11) is 0. The van der Waals surface area contributed by atoms with Crippen molar-refractivity contribution in [2.45, 2.75) is 39.3 Å². The van der Waals surface area contributed by atoms with Crippen LogP contribution in [0.3, 0.4) is 0 Å². The van der Waals surface area contributed by atoms with Crippen LogP contribution in [0.5, 0.6) is 0 Å². The molecular weight excluding hydrogens is 232 g/mol. The molecule has 1 aromatic heterocycles. The van der Waals surface area contributed by atoms with E-state index in [1.807, 2.05) is 4.90 Å². The topological polar surface area (TPSA) is 32.3 Å². The van der Waals surface area contributed by atoms with Crippen LogP contribution in [0.15, 0.2) is 12.1 Å². The highest BCUT2D eigenvalue weighted by molar-refractivity contribution is 7.12. The Hall–Kier alpha value is -0.870. The summed E-state index contributed by atoms with van der Waals surface area (Å²) in [5, 5.41) is 3.30. The molecule has 0 aliphatic carbocycles. The number of nitrogens with zero attached hydrogens (tertiary/aromatic N) is 1. The zero-order valence-electron chi connectivity index (χ0n) is 10.5. The normalized spacial score (nSPS) is 20.2. The van der Waals surface area contributed by atoms with Crippen molar-refractivity contribution in [2.24, 2.45) is 0 Å². The summed E-state index contributed by atoms with van der Waals surface area (Å²) in [6.07, 6.45) is 3.60. The van der Waals surface area contributed by atoms with Crippen molar-refractivity contribution in [1.29, 1.82) is 0 Å². The minimum absolute atomic E-state index is 0.109. The second-order valence-corrected chi connectivity index (χ2v) is 5.85. The molecule has 1 saturated heterocycles. The number of amides is 1. The van der Waals surface area contributed by atoms with Gasteiger partial charge in [-0.25, -0.2) is 0 Å². The summed E-state index contributed by atoms with van der Waals surface area (Å²) in [4.78, 5) is 16.4. The zero-order chi connectivity index (χ0) is 12.3. The van der Waals surface area contributed by atoms with E-state index in [2.05, 4.69) is 31.3 Å². The summed E-state index contributed by atoms with van der Waals surface area (Å²) in [6, 6.07) is 4.25. The molecule has 0 bridgehead atoms. The van der Waals surface area contributed by atoms with E-state index < -0.39 is 0 Å². The molecule has 0 saturated carbocycles. The molecule has 1 unspecified atom stereocenters. The van der Waals surface area contributed by atoms with Gasteiger partial charge in [0.25, 0.3) is 0 Å². The van der Waals surface area contributed by atoms with E-state index in [1.54, 1.807) is 11.3 Å². The molecule has 2 heterocycles. The molecule has 1 aromatic rings. The Kier molecular flexibility index (Phi) is 4.18. The number of aryl methyl sites for hydroxylation is 1. The van der Waals surface area contributed by atoms with Crippen molar-refractivity contribution < 1.29 is 4.79 Å². The van der Waals surface area contributed by atoms with Crippen molar-refractivity contribution in [3.8, 4) is 0 Å². The number of thiophene rings is 1. The SMILES string of the molecule is CCCCCN1C(=O)CNC1c1ccc(C)s1. The Morgan fingerprint density at radius 3 is 2.94 bits per heavy atom. The molecule has 1 aliphatic rings. The molecule has 1 amide bonds. The van der Waals surface area contributed by atoms with Crippen LogP contribution in [0, 0.1) is 6.92 Å². The molecule has 4 heteroatoms. The zero-order valence-corrected chi connectivity index (χ0v) is 11.3. The van der Waals surface area contributed by atoms with E-state index in [0.717, 1.165) is 13.0 Å². The number of hydrogen-bond acceptors (Lipinski definition) is 3. The van der Waals surface area contributed by atoms with Crippen molar-refractivity contribution in [3.63, 3.8) is 0 Å². The number of rotatable bonds is 5. The minimum Gasteiger partial charge on any atom is -0.321 e. The van der Waals surface area contributed by atoms with E-state index in [4.69, 9.17) is 0 Å². The summed E-state index contributed by atoms with van der Waals surface area (Å²) in [6.45, 7) is 5.64. The molecule has 17 heavy (non-hydrogen) atoms. The molecule has 0 radical (unpaired) electrons. The highest BCUT2D eigenvalue weighted by atomic mass is 32.1. The van der Waals surface area contributed by atoms with Gasteiger partial charge in [0.1, 0.15) is 6.17 Å². The number of carbonyl (C=O) groups excluding carboxylic acids is 1. The molecule has 1 N–H and O–H groups in total. The lowest BCUT2D eigenvalue weighted by Crippen LogP contribution is -2.30. The van der Waals surface area contributed by atoms with Gasteiger partial charge in [0.05, 0.1) is 6.54 Å². The van der Waals surface area contributed by atoms with Gasteiger partial charge in [-0.05, 0) is 25.5 Å². The number of unbranched alkanes of at least 4 members (excludes halogenated alkanes) is 2. The van der Waals surface area contributed by atoms with Gasteiger partial charge in [-0.3, -0.25) is 10.1 Å². The van der Waals surface area contributed by atoms with Crippen LogP contribution in [0.2, 0.25) is 0 Å². The van der Waals surface area contributed by atoms with Crippen LogP contribution in [0.1, 0.15) is 42.1 Å². The maximum absolute atomic E-state index is 11.8. The van der Waals surface area contributed by atoms with Crippen molar-refractivity contribution in [1.82, 2.24) is 10.2 Å². The number of nitrogens with one attached hydrogen (secondary N) is 1. The lowest BCUT2D eigenvalue weighted by molar-refractivity contribution is -0.128. The lowest BCUT2D eigenvalue weighted by Gasteiger charge is -2.23. The van der Waals surface area contributed by atoms with Gasteiger partial charge in [-0.1, -0.05) is 19.8 Å². The summed E-state index contributed by atoms with van der Waals surface area (Å²) in [5.41, 5.74) is 0. The second kappa shape index (κ2) is 5.65. The third kappa shape index (κ3) is 2.87. The van der Waals surface area contributed by atoms with Gasteiger partial charge in [-0.15, -0.1) is 11.3 Å². The van der Waals surface area contributed by atoms with Crippen LogP contribution in [0.4, 0.5) is 0 Å². The molecule has 1 aliphatic heterocycles. The predicted octanol–water partition coefficient (Wildman–Crippen LogP) is 2.68. The Balaban J connectivity index is 2.03. The minimum atomic E-state index is 0.109. The van der Waals surface area contributed by atoms with E-state index in [9.17, 15) is 4.79 Å². The number of hydrogen-bond donors (Lipinski definition) is 1. The van der Waals surface area contributed by atoms with E-state index in [0.29, 0.717) is 6.54 Å². The van der Waals surface area contributed by atoms with Gasteiger partial charge in [0.2, 0.25) is 5.91 Å². The Bertz CT molecular complexity index is 389. The van der Waals surface area contributed by atoms with Gasteiger partial charge in [0.15, 0.2) is 0 Å². The second-order valence-electron chi connectivity index (χ2n) is 4.53. The fourth-order valence-corrected chi connectivity index (χ4v) is 3.15. The molecule has 94 valence electrons. The Morgan fingerprint density at radius 1 is 1.47 bits per heavy atom. The molecule has 2 rings (SSSR count). The molecule has 0 spiro atoms. The molecule has 1 fully saturated rings. The summed E-state index contributed by atoms with van der Waals surface area (Å²) >= 11 is 1.77. The monoisotopic (exact) mass is 252 g/mol. The van der Waals surface area contributed by atoms with Crippen LogP contribution < -0.4 is 5.32 Å². The highest BCUT2D eigenvalue weighted by Crippen LogP contribution is 2.28. The van der Waals surface area contributed by atoms with Crippen molar-refractivity contribution in [2.75, 3.05) is 13.1 Å². The fourth-order valence-electron chi connectivity index (χ4n) is 2.18. The van der Waals surface area contributed by atoms with Crippen LogP contribution in [0.25, 0.3) is 0 Å². The van der Waals surface area contributed by atoms with E-state index in [1.165, 1.54) is 22.6 Å². The third-order valence-corrected chi connectivity index (χ3v) is 4.16. The van der Waals surface area contributed by atoms with Gasteiger partial charge in [0, 0.05) is 16.3 Å². The quantitative estimate of drug-likeness (QED) is 0.817. The molecule has 1 atom stereocenters. The maximum Gasteiger partial charge on any atom is 0.238 e. The van der Waals surface area contributed by atoms with Crippen LogP contribution in [-0.4, -0.2) is 23.9 Å². The van der Waals surface area contributed by atoms with Gasteiger partial charge in [-0.2, -0.15) is 0 Å². The van der Waals surface area contributed by atoms with Gasteiger partial charge >= 0.3 is 0 Å². The third-order valence-electron chi connectivity index (χ3n) is 3.11. The standard InChI is InChI=1S/C13H20N2OS/c1-3-4-5-8-15-12(16)9-14-13(15)11-7-6-10(2)17-11/h6-7,13-14H,3-5,8-9H2,1-2H3. The Morgan fingerprint density at radius 2 is 2.29 bits per heavy atom. The first-order valence-electron chi connectivity index (χ1n) is 6.31. The first kappa shape index (κ1) is 12.6. The van der Waals surface area contributed by atoms with Gasteiger partial charge < -0.3 is 4.90 Å². The predicted molar refractivity (Wildman–Crippen MR) is 71.0 cm³/mol. The maximum atomic E-state index is 11.8. The lowest BCUT2D eigenvalue weighted by atomic mass is 10.2. The molecule has 0 aromatic carbocycles. The first-order valence-corrected chi connectivity index (χ1v) is 7.13. The average molecular weight is 252 g/mol. The van der Waals surface area contributed by atoms with Crippen LogP contribution in [-0.2, 0) is 4.79 Å². The van der Waals surface area contributed by atoms with Crippen molar-refractivity contribution in [3.05, 3.63) is 21.9 Å².